The SMILES string of the molecule is CNC(=O)c1nnn([C@@H]2O[C@H](CNc3ccccc3[N+](=O)[O-])[C@H]3OC(C)(C)OC23)c1-c1ccccc1. The second-order valence-corrected chi connectivity index (χ2v) is 8.96. The highest BCUT2D eigenvalue weighted by atomic mass is 16.8. The third-order valence-corrected chi connectivity index (χ3v) is 6.14. The van der Waals surface area contributed by atoms with Crippen molar-refractivity contribution in [2.75, 3.05) is 18.9 Å². The van der Waals surface area contributed by atoms with Gasteiger partial charge in [0.2, 0.25) is 0 Å². The summed E-state index contributed by atoms with van der Waals surface area (Å²) in [6.45, 7) is 3.84. The van der Waals surface area contributed by atoms with Crippen LogP contribution in [-0.2, 0) is 14.2 Å². The third-order valence-electron chi connectivity index (χ3n) is 6.14. The zero-order valence-corrected chi connectivity index (χ0v) is 20.0. The number of rotatable bonds is 7. The Morgan fingerprint density at radius 3 is 2.53 bits per heavy atom. The van der Waals surface area contributed by atoms with Crippen LogP contribution >= 0.6 is 0 Å². The largest absolute Gasteiger partial charge is 0.377 e. The maximum atomic E-state index is 12.6. The first kappa shape index (κ1) is 23.9. The number of hydrogen-bond acceptors (Lipinski definition) is 9. The summed E-state index contributed by atoms with van der Waals surface area (Å²) in [4.78, 5) is 23.6. The van der Waals surface area contributed by atoms with E-state index in [0.717, 1.165) is 5.56 Å². The predicted molar refractivity (Wildman–Crippen MR) is 128 cm³/mol. The second-order valence-electron chi connectivity index (χ2n) is 8.96. The van der Waals surface area contributed by atoms with E-state index in [4.69, 9.17) is 14.2 Å². The number of fused-ring (bicyclic) bond motifs is 1. The van der Waals surface area contributed by atoms with Crippen LogP contribution in [0, 0.1) is 10.1 Å². The Kier molecular flexibility index (Phi) is 6.16. The third kappa shape index (κ3) is 4.30. The fourth-order valence-electron chi connectivity index (χ4n) is 4.62. The Morgan fingerprint density at radius 1 is 1.11 bits per heavy atom. The van der Waals surface area contributed by atoms with E-state index in [0.29, 0.717) is 11.4 Å². The highest BCUT2D eigenvalue weighted by molar-refractivity contribution is 5.97. The van der Waals surface area contributed by atoms with Crippen LogP contribution in [0.15, 0.2) is 54.6 Å². The normalized spacial score (nSPS) is 24.3. The van der Waals surface area contributed by atoms with Crippen molar-refractivity contribution < 1.29 is 23.9 Å². The van der Waals surface area contributed by atoms with E-state index in [2.05, 4.69) is 20.9 Å². The van der Waals surface area contributed by atoms with Crippen LogP contribution in [-0.4, -0.2) is 63.5 Å². The predicted octanol–water partition coefficient (Wildman–Crippen LogP) is 2.74. The molecule has 0 bridgehead atoms. The number of hydrogen-bond donors (Lipinski definition) is 2. The van der Waals surface area contributed by atoms with Crippen LogP contribution in [0.25, 0.3) is 11.3 Å². The number of nitrogens with zero attached hydrogens (tertiary/aromatic N) is 4. The number of carbonyl (C=O) groups is 1. The molecule has 188 valence electrons. The molecule has 2 fully saturated rings. The highest BCUT2D eigenvalue weighted by Gasteiger charge is 2.56. The van der Waals surface area contributed by atoms with Crippen molar-refractivity contribution in [3.63, 3.8) is 0 Å². The molecule has 2 aliphatic heterocycles. The number of benzene rings is 2. The lowest BCUT2D eigenvalue weighted by Gasteiger charge is -2.25. The molecule has 2 aliphatic rings. The van der Waals surface area contributed by atoms with Gasteiger partial charge in [0, 0.05) is 25.2 Å². The van der Waals surface area contributed by atoms with Crippen molar-refractivity contribution in [1.29, 1.82) is 0 Å². The molecule has 3 heterocycles. The lowest BCUT2D eigenvalue weighted by atomic mass is 10.1. The average Bonchev–Trinajstić information content (AvgIpc) is 3.53. The average molecular weight is 495 g/mol. The summed E-state index contributed by atoms with van der Waals surface area (Å²) in [5.74, 6) is -1.26. The van der Waals surface area contributed by atoms with Crippen LogP contribution in [0.5, 0.6) is 0 Å². The zero-order chi connectivity index (χ0) is 25.4. The van der Waals surface area contributed by atoms with Crippen LogP contribution in [0.3, 0.4) is 0 Å². The van der Waals surface area contributed by atoms with Gasteiger partial charge < -0.3 is 24.8 Å². The lowest BCUT2D eigenvalue weighted by molar-refractivity contribution is -0.384. The van der Waals surface area contributed by atoms with Gasteiger partial charge in [-0.3, -0.25) is 14.9 Å². The van der Waals surface area contributed by atoms with E-state index in [1.165, 1.54) is 13.1 Å². The Bertz CT molecular complexity index is 1280. The van der Waals surface area contributed by atoms with Gasteiger partial charge in [-0.1, -0.05) is 47.7 Å². The molecule has 1 unspecified atom stereocenters. The summed E-state index contributed by atoms with van der Waals surface area (Å²) < 4.78 is 20.3. The summed E-state index contributed by atoms with van der Waals surface area (Å²) in [5.41, 5.74) is 1.71. The summed E-state index contributed by atoms with van der Waals surface area (Å²) in [6.07, 6.45) is -2.33. The quantitative estimate of drug-likeness (QED) is 0.374. The van der Waals surface area contributed by atoms with Gasteiger partial charge in [-0.15, -0.1) is 5.10 Å². The molecule has 0 radical (unpaired) electrons. The maximum absolute atomic E-state index is 12.6. The van der Waals surface area contributed by atoms with E-state index in [9.17, 15) is 14.9 Å². The first-order chi connectivity index (χ1) is 17.3. The summed E-state index contributed by atoms with van der Waals surface area (Å²) in [5, 5.41) is 25.6. The fourth-order valence-corrected chi connectivity index (χ4v) is 4.62. The second kappa shape index (κ2) is 9.30. The van der Waals surface area contributed by atoms with Gasteiger partial charge in [0.1, 0.15) is 29.7 Å². The Hall–Kier alpha value is -3.87. The van der Waals surface area contributed by atoms with Gasteiger partial charge in [0.05, 0.1) is 4.92 Å². The van der Waals surface area contributed by atoms with Gasteiger partial charge >= 0.3 is 0 Å². The number of aromatic nitrogens is 3. The first-order valence-electron chi connectivity index (χ1n) is 11.5. The molecule has 2 N–H and O–H groups in total. The number of anilines is 1. The number of nitro groups is 1. The van der Waals surface area contributed by atoms with Crippen LogP contribution in [0.2, 0.25) is 0 Å². The van der Waals surface area contributed by atoms with Crippen LogP contribution < -0.4 is 10.6 Å². The molecule has 2 saturated heterocycles. The Labute approximate surface area is 206 Å². The maximum Gasteiger partial charge on any atom is 0.292 e. The molecule has 0 spiro atoms. The molecular formula is C24H26N6O6. The lowest BCUT2D eigenvalue weighted by Crippen LogP contribution is -2.34. The Morgan fingerprint density at radius 2 is 1.81 bits per heavy atom. The minimum atomic E-state index is -0.883. The zero-order valence-electron chi connectivity index (χ0n) is 20.0. The molecule has 1 aromatic heterocycles. The van der Waals surface area contributed by atoms with Crippen molar-refractivity contribution in [2.24, 2.45) is 0 Å². The van der Waals surface area contributed by atoms with Gasteiger partial charge in [0.15, 0.2) is 17.7 Å². The minimum Gasteiger partial charge on any atom is -0.377 e. The van der Waals surface area contributed by atoms with Gasteiger partial charge in [-0.05, 0) is 19.9 Å². The van der Waals surface area contributed by atoms with Crippen molar-refractivity contribution in [3.05, 3.63) is 70.4 Å². The summed E-state index contributed by atoms with van der Waals surface area (Å²) in [6, 6.07) is 15.7. The molecule has 0 saturated carbocycles. The monoisotopic (exact) mass is 494 g/mol. The molecule has 12 heteroatoms. The standard InChI is InChI=1S/C24H26N6O6/c1-24(2)35-20-17(13-26-15-11-7-8-12-16(15)30(32)33)34-23(21(20)36-24)29-19(14-9-5-4-6-10-14)18(27-28-29)22(31)25-3/h4-12,17,20-21,23,26H,13H2,1-3H3,(H,25,31)/t17-,20-,21?,23-/m1/s1. The van der Waals surface area contributed by atoms with E-state index < -0.39 is 35.3 Å². The van der Waals surface area contributed by atoms with Crippen molar-refractivity contribution in [3.8, 4) is 11.3 Å². The van der Waals surface area contributed by atoms with E-state index in [1.54, 1.807) is 22.9 Å². The molecule has 3 aromatic rings. The fraction of sp³-hybridized carbons (Fsp3) is 0.375. The molecule has 4 atom stereocenters. The number of ether oxygens (including phenoxy) is 3. The topological polar surface area (TPSA) is 143 Å². The van der Waals surface area contributed by atoms with Gasteiger partial charge in [0.25, 0.3) is 11.6 Å². The molecule has 2 aromatic carbocycles. The molecule has 36 heavy (non-hydrogen) atoms. The highest BCUT2D eigenvalue weighted by Crippen LogP contribution is 2.44. The van der Waals surface area contributed by atoms with E-state index in [-0.39, 0.29) is 23.8 Å². The van der Waals surface area contributed by atoms with Gasteiger partial charge in [-0.2, -0.15) is 0 Å². The number of para-hydroxylation sites is 2. The van der Waals surface area contributed by atoms with Crippen molar-refractivity contribution in [1.82, 2.24) is 20.3 Å². The number of nitro benzene ring substituents is 1. The molecule has 12 nitrogen and oxygen atoms in total. The molecule has 5 rings (SSSR count). The Balaban J connectivity index is 1.48. The molecular weight excluding hydrogens is 468 g/mol. The molecule has 1 amide bonds. The summed E-state index contributed by atoms with van der Waals surface area (Å²) >= 11 is 0. The van der Waals surface area contributed by atoms with E-state index in [1.807, 2.05) is 44.2 Å². The minimum absolute atomic E-state index is 0.0367. The number of carbonyl (C=O) groups excluding carboxylic acids is 1. The van der Waals surface area contributed by atoms with Crippen molar-refractivity contribution in [2.45, 2.75) is 44.2 Å². The number of nitrogens with one attached hydrogen (secondary N) is 2. The van der Waals surface area contributed by atoms with Crippen LogP contribution in [0.1, 0.15) is 30.6 Å². The van der Waals surface area contributed by atoms with E-state index >= 15 is 0 Å². The first-order valence-corrected chi connectivity index (χ1v) is 11.5. The van der Waals surface area contributed by atoms with Gasteiger partial charge in [-0.25, -0.2) is 4.68 Å². The van der Waals surface area contributed by atoms with Crippen molar-refractivity contribution >= 4 is 17.3 Å². The number of amides is 1. The molecule has 0 aliphatic carbocycles. The summed E-state index contributed by atoms with van der Waals surface area (Å²) in [7, 11) is 1.53. The van der Waals surface area contributed by atoms with Crippen LogP contribution in [0.4, 0.5) is 11.4 Å². The smallest absolute Gasteiger partial charge is 0.292 e.